The summed E-state index contributed by atoms with van der Waals surface area (Å²) in [6.07, 6.45) is 1.44. The number of ether oxygens (including phenoxy) is 1. The Hall–Kier alpha value is -0.610. The molecule has 4 nitrogen and oxygen atoms in total. The number of carbonyl (C=O) groups excluding carboxylic acids is 1. The maximum Gasteiger partial charge on any atom is 0.219 e. The molecule has 0 spiro atoms. The van der Waals surface area contributed by atoms with Gasteiger partial charge in [0.2, 0.25) is 5.91 Å². The van der Waals surface area contributed by atoms with Crippen molar-refractivity contribution in [2.45, 2.75) is 25.4 Å². The highest BCUT2D eigenvalue weighted by molar-refractivity contribution is 5.73. The Labute approximate surface area is 78.5 Å². The summed E-state index contributed by atoms with van der Waals surface area (Å²) in [7, 11) is 1.61. The van der Waals surface area contributed by atoms with Crippen LogP contribution in [0.2, 0.25) is 0 Å². The molecule has 13 heavy (non-hydrogen) atoms. The van der Waals surface area contributed by atoms with E-state index in [1.54, 1.807) is 18.9 Å². The van der Waals surface area contributed by atoms with Gasteiger partial charge in [0.15, 0.2) is 0 Å². The van der Waals surface area contributed by atoms with Gasteiger partial charge >= 0.3 is 0 Å². The van der Waals surface area contributed by atoms with Gasteiger partial charge in [0, 0.05) is 27.1 Å². The minimum atomic E-state index is -0.411. The number of piperidine rings is 1. The number of amides is 1. The summed E-state index contributed by atoms with van der Waals surface area (Å²) in [4.78, 5) is 12.8. The largest absolute Gasteiger partial charge is 0.393 e. The van der Waals surface area contributed by atoms with Crippen molar-refractivity contribution in [3.63, 3.8) is 0 Å². The zero-order valence-electron chi connectivity index (χ0n) is 8.25. The Morgan fingerprint density at radius 3 is 2.38 bits per heavy atom. The van der Waals surface area contributed by atoms with E-state index in [9.17, 15) is 4.79 Å². The van der Waals surface area contributed by atoms with Gasteiger partial charge in [-0.05, 0) is 12.8 Å². The van der Waals surface area contributed by atoms with Gasteiger partial charge in [-0.2, -0.15) is 0 Å². The molecule has 4 heteroatoms. The number of likely N-dealkylation sites (tertiary alicyclic amines) is 1. The van der Waals surface area contributed by atoms with E-state index in [4.69, 9.17) is 9.84 Å². The second kappa shape index (κ2) is 4.07. The third kappa shape index (κ3) is 2.19. The Bertz CT molecular complexity index is 179. The van der Waals surface area contributed by atoms with Crippen LogP contribution in [0.1, 0.15) is 19.8 Å². The predicted molar refractivity (Wildman–Crippen MR) is 48.3 cm³/mol. The van der Waals surface area contributed by atoms with E-state index in [-0.39, 0.29) is 12.5 Å². The van der Waals surface area contributed by atoms with Crippen LogP contribution >= 0.6 is 0 Å². The van der Waals surface area contributed by atoms with Crippen molar-refractivity contribution in [3.05, 3.63) is 0 Å². The molecule has 0 aromatic carbocycles. The van der Waals surface area contributed by atoms with Crippen LogP contribution in [-0.4, -0.2) is 48.3 Å². The molecule has 1 aliphatic heterocycles. The summed E-state index contributed by atoms with van der Waals surface area (Å²) >= 11 is 0. The minimum Gasteiger partial charge on any atom is -0.393 e. The fourth-order valence-electron chi connectivity index (χ4n) is 1.66. The normalized spacial score (nSPS) is 21.6. The molecule has 0 atom stereocenters. The summed E-state index contributed by atoms with van der Waals surface area (Å²) < 4.78 is 5.27. The number of aliphatic hydroxyl groups is 1. The molecule has 0 saturated carbocycles. The van der Waals surface area contributed by atoms with Crippen LogP contribution in [0.5, 0.6) is 0 Å². The molecular formula is C9H17NO3. The van der Waals surface area contributed by atoms with Crippen molar-refractivity contribution in [2.75, 3.05) is 26.8 Å². The first-order valence-corrected chi connectivity index (χ1v) is 4.55. The summed E-state index contributed by atoms with van der Waals surface area (Å²) in [6.45, 7) is 2.97. The summed E-state index contributed by atoms with van der Waals surface area (Å²) in [5.74, 6) is 0.0997. The van der Waals surface area contributed by atoms with Crippen LogP contribution in [0.4, 0.5) is 0 Å². The standard InChI is InChI=1S/C9H17NO3/c1-8(12)10-5-3-9(7-11,13-2)4-6-10/h11H,3-7H2,1-2H3. The molecule has 1 rings (SSSR count). The third-order valence-corrected chi connectivity index (χ3v) is 2.84. The first-order chi connectivity index (χ1) is 6.13. The van der Waals surface area contributed by atoms with Crippen molar-refractivity contribution >= 4 is 5.91 Å². The van der Waals surface area contributed by atoms with E-state index in [1.807, 2.05) is 0 Å². The zero-order chi connectivity index (χ0) is 9.90. The van der Waals surface area contributed by atoms with Crippen molar-refractivity contribution in [2.24, 2.45) is 0 Å². The lowest BCUT2D eigenvalue weighted by molar-refractivity contribution is -0.137. The average Bonchev–Trinajstić information content (AvgIpc) is 2.18. The van der Waals surface area contributed by atoms with Crippen LogP contribution in [-0.2, 0) is 9.53 Å². The van der Waals surface area contributed by atoms with Gasteiger partial charge in [0.1, 0.15) is 0 Å². The summed E-state index contributed by atoms with van der Waals surface area (Å²) in [5, 5.41) is 9.14. The van der Waals surface area contributed by atoms with E-state index in [2.05, 4.69) is 0 Å². The Kier molecular flexibility index (Phi) is 3.27. The first kappa shape index (κ1) is 10.5. The summed E-state index contributed by atoms with van der Waals surface area (Å²) in [5.41, 5.74) is -0.411. The highest BCUT2D eigenvalue weighted by Gasteiger charge is 2.34. The number of hydrogen-bond acceptors (Lipinski definition) is 3. The lowest BCUT2D eigenvalue weighted by atomic mass is 9.92. The molecule has 1 saturated heterocycles. The van der Waals surface area contributed by atoms with E-state index < -0.39 is 5.60 Å². The molecule has 0 bridgehead atoms. The van der Waals surface area contributed by atoms with Crippen molar-refractivity contribution < 1.29 is 14.6 Å². The van der Waals surface area contributed by atoms with Crippen LogP contribution in [0.15, 0.2) is 0 Å². The molecule has 0 aromatic heterocycles. The smallest absolute Gasteiger partial charge is 0.219 e. The highest BCUT2D eigenvalue weighted by Crippen LogP contribution is 2.24. The molecule has 0 aromatic rings. The van der Waals surface area contributed by atoms with Crippen molar-refractivity contribution in [1.29, 1.82) is 0 Å². The van der Waals surface area contributed by atoms with Crippen LogP contribution in [0, 0.1) is 0 Å². The molecular weight excluding hydrogens is 170 g/mol. The lowest BCUT2D eigenvalue weighted by Gasteiger charge is -2.39. The Balaban J connectivity index is 2.50. The molecule has 76 valence electrons. The van der Waals surface area contributed by atoms with Gasteiger partial charge in [-0.15, -0.1) is 0 Å². The Morgan fingerprint density at radius 2 is 2.08 bits per heavy atom. The van der Waals surface area contributed by atoms with Crippen molar-refractivity contribution in [1.82, 2.24) is 4.90 Å². The third-order valence-electron chi connectivity index (χ3n) is 2.84. The number of aliphatic hydroxyl groups excluding tert-OH is 1. The van der Waals surface area contributed by atoms with E-state index in [1.165, 1.54) is 0 Å². The van der Waals surface area contributed by atoms with Crippen molar-refractivity contribution in [3.8, 4) is 0 Å². The first-order valence-electron chi connectivity index (χ1n) is 4.55. The maximum atomic E-state index is 11.0. The van der Waals surface area contributed by atoms with Gasteiger partial charge in [-0.3, -0.25) is 4.79 Å². The van der Waals surface area contributed by atoms with Crippen LogP contribution < -0.4 is 0 Å². The second-order valence-corrected chi connectivity index (χ2v) is 3.55. The van der Waals surface area contributed by atoms with E-state index in [0.717, 1.165) is 12.8 Å². The van der Waals surface area contributed by atoms with E-state index >= 15 is 0 Å². The number of rotatable bonds is 2. The fourth-order valence-corrected chi connectivity index (χ4v) is 1.66. The maximum absolute atomic E-state index is 11.0. The number of carbonyl (C=O) groups is 1. The van der Waals surface area contributed by atoms with Gasteiger partial charge in [0.25, 0.3) is 0 Å². The monoisotopic (exact) mass is 187 g/mol. The molecule has 1 aliphatic rings. The zero-order valence-corrected chi connectivity index (χ0v) is 8.25. The predicted octanol–water partition coefficient (Wildman–Crippen LogP) is 0.00620. The molecule has 0 radical (unpaired) electrons. The second-order valence-electron chi connectivity index (χ2n) is 3.55. The molecule has 1 fully saturated rings. The highest BCUT2D eigenvalue weighted by atomic mass is 16.5. The number of methoxy groups -OCH3 is 1. The lowest BCUT2D eigenvalue weighted by Crippen LogP contribution is -2.49. The fraction of sp³-hybridized carbons (Fsp3) is 0.889. The topological polar surface area (TPSA) is 49.8 Å². The number of hydrogen-bond donors (Lipinski definition) is 1. The summed E-state index contributed by atoms with van der Waals surface area (Å²) in [6, 6.07) is 0. The molecule has 0 unspecified atom stereocenters. The average molecular weight is 187 g/mol. The van der Waals surface area contributed by atoms with Gasteiger partial charge < -0.3 is 14.7 Å². The van der Waals surface area contributed by atoms with Gasteiger partial charge in [-0.25, -0.2) is 0 Å². The van der Waals surface area contributed by atoms with Crippen LogP contribution in [0.25, 0.3) is 0 Å². The molecule has 1 heterocycles. The van der Waals surface area contributed by atoms with Gasteiger partial charge in [-0.1, -0.05) is 0 Å². The molecule has 0 aliphatic carbocycles. The SMILES string of the molecule is COC1(CO)CCN(C(C)=O)CC1. The van der Waals surface area contributed by atoms with Crippen LogP contribution in [0.3, 0.4) is 0 Å². The molecule has 1 N–H and O–H groups in total. The van der Waals surface area contributed by atoms with Gasteiger partial charge in [0.05, 0.1) is 12.2 Å². The van der Waals surface area contributed by atoms with E-state index in [0.29, 0.717) is 13.1 Å². The minimum absolute atomic E-state index is 0.0369. The quantitative estimate of drug-likeness (QED) is 0.662. The number of nitrogens with zero attached hydrogens (tertiary/aromatic N) is 1. The molecule has 1 amide bonds. The Morgan fingerprint density at radius 1 is 1.54 bits per heavy atom.